The van der Waals surface area contributed by atoms with Gasteiger partial charge in [-0.25, -0.2) is 9.98 Å². The van der Waals surface area contributed by atoms with E-state index in [9.17, 15) is 0 Å². The molecule has 0 fully saturated rings. The molecule has 0 aliphatic rings. The van der Waals surface area contributed by atoms with Gasteiger partial charge in [0.2, 0.25) is 0 Å². The quantitative estimate of drug-likeness (QED) is 0.637. The third-order valence-corrected chi connectivity index (χ3v) is 3.83. The van der Waals surface area contributed by atoms with Gasteiger partial charge in [0, 0.05) is 24.2 Å². The van der Waals surface area contributed by atoms with Gasteiger partial charge in [-0.15, -0.1) is 11.3 Å². The van der Waals surface area contributed by atoms with E-state index >= 15 is 0 Å². The number of benzene rings is 1. The zero-order valence-electron chi connectivity index (χ0n) is 12.6. The molecule has 0 bridgehead atoms. The van der Waals surface area contributed by atoms with E-state index in [0.29, 0.717) is 6.54 Å². The number of nitrogens with one attached hydrogen (secondary N) is 2. The Morgan fingerprint density at radius 1 is 1.24 bits per heavy atom. The highest BCUT2D eigenvalue weighted by atomic mass is 32.1. The molecule has 5 heteroatoms. The number of thiazole rings is 1. The van der Waals surface area contributed by atoms with Crippen molar-refractivity contribution in [3.8, 4) is 0 Å². The summed E-state index contributed by atoms with van der Waals surface area (Å²) in [4.78, 5) is 10.1. The summed E-state index contributed by atoms with van der Waals surface area (Å²) in [5, 5.41) is 7.67. The van der Waals surface area contributed by atoms with E-state index in [0.717, 1.165) is 30.5 Å². The second-order valence-corrected chi connectivity index (χ2v) is 6.04. The summed E-state index contributed by atoms with van der Waals surface area (Å²) in [6.07, 6.45) is 2.88. The standard InChI is InChI=1S/C16H22N4S/c1-3-17-16(20-12-15-19-11-13(2)21-15)18-10-9-14-7-5-4-6-8-14/h4-8,11H,3,9-10,12H2,1-2H3,(H2,17,18,20). The van der Waals surface area contributed by atoms with Crippen molar-refractivity contribution in [3.05, 3.63) is 52.0 Å². The number of guanidine groups is 1. The monoisotopic (exact) mass is 302 g/mol. The molecule has 2 N–H and O–H groups in total. The van der Waals surface area contributed by atoms with E-state index in [4.69, 9.17) is 0 Å². The Kier molecular flexibility index (Phi) is 6.22. The molecule has 1 aromatic carbocycles. The van der Waals surface area contributed by atoms with Crippen molar-refractivity contribution < 1.29 is 0 Å². The molecule has 0 amide bonds. The van der Waals surface area contributed by atoms with Crippen LogP contribution in [0.1, 0.15) is 22.4 Å². The summed E-state index contributed by atoms with van der Waals surface area (Å²) in [6.45, 7) is 6.48. The summed E-state index contributed by atoms with van der Waals surface area (Å²) in [7, 11) is 0. The average molecular weight is 302 g/mol. The number of aryl methyl sites for hydroxylation is 1. The maximum Gasteiger partial charge on any atom is 0.191 e. The van der Waals surface area contributed by atoms with Crippen LogP contribution in [0.4, 0.5) is 0 Å². The van der Waals surface area contributed by atoms with Crippen molar-refractivity contribution in [2.45, 2.75) is 26.8 Å². The van der Waals surface area contributed by atoms with E-state index in [1.165, 1.54) is 10.4 Å². The largest absolute Gasteiger partial charge is 0.357 e. The lowest BCUT2D eigenvalue weighted by Crippen LogP contribution is -2.38. The first-order chi connectivity index (χ1) is 10.3. The van der Waals surface area contributed by atoms with Crippen molar-refractivity contribution in [2.75, 3.05) is 13.1 Å². The van der Waals surface area contributed by atoms with Crippen LogP contribution < -0.4 is 10.6 Å². The maximum absolute atomic E-state index is 4.57. The average Bonchev–Trinajstić information content (AvgIpc) is 2.91. The summed E-state index contributed by atoms with van der Waals surface area (Å²) in [6, 6.07) is 10.5. The fraction of sp³-hybridized carbons (Fsp3) is 0.375. The molecule has 21 heavy (non-hydrogen) atoms. The Balaban J connectivity index is 1.83. The Hall–Kier alpha value is -1.88. The predicted octanol–water partition coefficient (Wildman–Crippen LogP) is 2.75. The molecule has 4 nitrogen and oxygen atoms in total. The highest BCUT2D eigenvalue weighted by Crippen LogP contribution is 2.11. The summed E-state index contributed by atoms with van der Waals surface area (Å²) >= 11 is 1.69. The maximum atomic E-state index is 4.57. The molecule has 0 atom stereocenters. The highest BCUT2D eigenvalue weighted by molar-refractivity contribution is 7.11. The van der Waals surface area contributed by atoms with Gasteiger partial charge < -0.3 is 10.6 Å². The molecular formula is C16H22N4S. The molecule has 2 rings (SSSR count). The van der Waals surface area contributed by atoms with Crippen LogP contribution in [0.2, 0.25) is 0 Å². The first kappa shape index (κ1) is 15.5. The fourth-order valence-corrected chi connectivity index (χ4v) is 2.64. The first-order valence-corrected chi connectivity index (χ1v) is 8.07. The zero-order chi connectivity index (χ0) is 14.9. The molecule has 112 valence electrons. The molecule has 0 unspecified atom stereocenters. The third kappa shape index (κ3) is 5.55. The molecule has 1 heterocycles. The van der Waals surface area contributed by atoms with E-state index in [1.54, 1.807) is 11.3 Å². The van der Waals surface area contributed by atoms with Gasteiger partial charge in [0.25, 0.3) is 0 Å². The second-order valence-electron chi connectivity index (χ2n) is 4.72. The predicted molar refractivity (Wildman–Crippen MR) is 89.8 cm³/mol. The van der Waals surface area contributed by atoms with Crippen molar-refractivity contribution in [1.82, 2.24) is 15.6 Å². The van der Waals surface area contributed by atoms with Crippen LogP contribution in [0.5, 0.6) is 0 Å². The Labute approximate surface area is 130 Å². The Morgan fingerprint density at radius 2 is 2.05 bits per heavy atom. The lowest BCUT2D eigenvalue weighted by molar-refractivity contribution is 0.799. The minimum absolute atomic E-state index is 0.624. The van der Waals surface area contributed by atoms with Crippen LogP contribution in [-0.2, 0) is 13.0 Å². The molecule has 1 aromatic heterocycles. The van der Waals surface area contributed by atoms with Crippen molar-refractivity contribution in [1.29, 1.82) is 0 Å². The normalized spacial score (nSPS) is 11.4. The number of hydrogen-bond donors (Lipinski definition) is 2. The number of hydrogen-bond acceptors (Lipinski definition) is 3. The van der Waals surface area contributed by atoms with Crippen LogP contribution in [0.15, 0.2) is 41.5 Å². The van der Waals surface area contributed by atoms with E-state index in [-0.39, 0.29) is 0 Å². The van der Waals surface area contributed by atoms with Gasteiger partial charge in [0.1, 0.15) is 5.01 Å². The molecular weight excluding hydrogens is 280 g/mol. The van der Waals surface area contributed by atoms with E-state index in [2.05, 4.69) is 58.7 Å². The SMILES string of the molecule is CCNC(=NCc1ncc(C)s1)NCCc1ccccc1. The molecule has 0 saturated carbocycles. The van der Waals surface area contributed by atoms with Crippen LogP contribution in [-0.4, -0.2) is 24.0 Å². The minimum atomic E-state index is 0.624. The van der Waals surface area contributed by atoms with Gasteiger partial charge in [-0.05, 0) is 25.8 Å². The van der Waals surface area contributed by atoms with Crippen LogP contribution in [0.25, 0.3) is 0 Å². The summed E-state index contributed by atoms with van der Waals surface area (Å²) in [5.74, 6) is 0.848. The second kappa shape index (κ2) is 8.42. The van der Waals surface area contributed by atoms with Gasteiger partial charge in [0.05, 0.1) is 6.54 Å². The van der Waals surface area contributed by atoms with Crippen molar-refractivity contribution >= 4 is 17.3 Å². The summed E-state index contributed by atoms with van der Waals surface area (Å²) < 4.78 is 0. The van der Waals surface area contributed by atoms with Gasteiger partial charge in [-0.3, -0.25) is 0 Å². The minimum Gasteiger partial charge on any atom is -0.357 e. The van der Waals surface area contributed by atoms with Gasteiger partial charge in [-0.2, -0.15) is 0 Å². The highest BCUT2D eigenvalue weighted by Gasteiger charge is 2.00. The lowest BCUT2D eigenvalue weighted by Gasteiger charge is -2.10. The van der Waals surface area contributed by atoms with Gasteiger partial charge in [0.15, 0.2) is 5.96 Å². The van der Waals surface area contributed by atoms with Crippen LogP contribution in [0.3, 0.4) is 0 Å². The van der Waals surface area contributed by atoms with E-state index < -0.39 is 0 Å². The fourth-order valence-electron chi connectivity index (χ4n) is 1.93. The first-order valence-electron chi connectivity index (χ1n) is 7.25. The van der Waals surface area contributed by atoms with Crippen molar-refractivity contribution in [3.63, 3.8) is 0 Å². The lowest BCUT2D eigenvalue weighted by atomic mass is 10.1. The smallest absolute Gasteiger partial charge is 0.191 e. The molecule has 0 spiro atoms. The third-order valence-electron chi connectivity index (χ3n) is 2.93. The topological polar surface area (TPSA) is 49.3 Å². The molecule has 0 aliphatic heterocycles. The van der Waals surface area contributed by atoms with Gasteiger partial charge >= 0.3 is 0 Å². The van der Waals surface area contributed by atoms with Crippen LogP contribution in [0, 0.1) is 6.92 Å². The molecule has 0 aliphatic carbocycles. The van der Waals surface area contributed by atoms with Crippen LogP contribution >= 0.6 is 11.3 Å². The van der Waals surface area contributed by atoms with Crippen molar-refractivity contribution in [2.24, 2.45) is 4.99 Å². The zero-order valence-corrected chi connectivity index (χ0v) is 13.4. The number of nitrogens with zero attached hydrogens (tertiary/aromatic N) is 2. The molecule has 0 saturated heterocycles. The van der Waals surface area contributed by atoms with E-state index in [1.807, 2.05) is 12.3 Å². The number of rotatable bonds is 6. The molecule has 0 radical (unpaired) electrons. The Bertz CT molecular complexity index is 563. The Morgan fingerprint density at radius 3 is 2.71 bits per heavy atom. The number of aliphatic imine (C=N–C) groups is 1. The summed E-state index contributed by atoms with van der Waals surface area (Å²) in [5.41, 5.74) is 1.33. The molecule has 2 aromatic rings. The van der Waals surface area contributed by atoms with Gasteiger partial charge in [-0.1, -0.05) is 30.3 Å². The number of aromatic nitrogens is 1.